The third-order valence-electron chi connectivity index (χ3n) is 1.57. The van der Waals surface area contributed by atoms with Crippen LogP contribution in [0.2, 0.25) is 0 Å². The molecule has 7 heteroatoms. The van der Waals surface area contributed by atoms with Crippen molar-refractivity contribution in [2.75, 3.05) is 0 Å². The Morgan fingerprint density at radius 1 is 1.33 bits per heavy atom. The Morgan fingerprint density at radius 3 is 2.73 bits per heavy atom. The summed E-state index contributed by atoms with van der Waals surface area (Å²) in [5.41, 5.74) is -3.43. The molecule has 2 aromatic rings. The fourth-order valence-electron chi connectivity index (χ4n) is 1.08. The molecule has 0 aliphatic heterocycles. The minimum atomic E-state index is -4.28. The molecule has 0 amide bonds. The molecule has 2 nitrogen and oxygen atoms in total. The summed E-state index contributed by atoms with van der Waals surface area (Å²) >= 11 is 2.83. The molecule has 0 aliphatic rings. The summed E-state index contributed by atoms with van der Waals surface area (Å²) in [6.07, 6.45) is 0. The minimum Gasteiger partial charge on any atom is -0.431 e. The van der Waals surface area contributed by atoms with Gasteiger partial charge in [0.15, 0.2) is 5.58 Å². The first-order valence-corrected chi connectivity index (χ1v) is 5.37. The maximum atomic E-state index is 12.1. The number of thioether (sulfide) groups is 1. The quantitative estimate of drug-likeness (QED) is 0.738. The molecule has 0 saturated carbocycles. The van der Waals surface area contributed by atoms with E-state index in [1.807, 2.05) is 0 Å². The molecule has 1 aromatic carbocycles. The summed E-state index contributed by atoms with van der Waals surface area (Å²) in [4.78, 5) is 4.22. The Morgan fingerprint density at radius 2 is 2.07 bits per heavy atom. The number of oxazole rings is 1. The van der Waals surface area contributed by atoms with E-state index in [-0.39, 0.29) is 21.5 Å². The molecule has 1 aromatic heterocycles. The van der Waals surface area contributed by atoms with Crippen molar-refractivity contribution < 1.29 is 17.6 Å². The van der Waals surface area contributed by atoms with E-state index in [1.54, 1.807) is 0 Å². The van der Waals surface area contributed by atoms with E-state index >= 15 is 0 Å². The van der Waals surface area contributed by atoms with Crippen molar-refractivity contribution in [3.8, 4) is 0 Å². The Bertz CT molecular complexity index is 496. The fourth-order valence-corrected chi connectivity index (χ4v) is 2.02. The van der Waals surface area contributed by atoms with Crippen molar-refractivity contribution in [3.05, 3.63) is 23.0 Å². The van der Waals surface area contributed by atoms with Crippen molar-refractivity contribution in [1.82, 2.24) is 4.98 Å². The van der Waals surface area contributed by atoms with Crippen molar-refractivity contribution in [1.29, 1.82) is 0 Å². The first kappa shape index (κ1) is 10.8. The number of hydrogen-bond donors (Lipinski definition) is 0. The molecule has 0 aliphatic carbocycles. The van der Waals surface area contributed by atoms with Crippen LogP contribution >= 0.6 is 27.7 Å². The summed E-state index contributed by atoms with van der Waals surface area (Å²) in [6.45, 7) is 0. The van der Waals surface area contributed by atoms with Crippen LogP contribution in [0.3, 0.4) is 0 Å². The van der Waals surface area contributed by atoms with Crippen molar-refractivity contribution in [2.45, 2.75) is 10.4 Å². The van der Waals surface area contributed by atoms with Crippen molar-refractivity contribution in [2.24, 2.45) is 0 Å². The summed E-state index contributed by atoms with van der Waals surface area (Å²) in [7, 11) is 0. The highest BCUT2D eigenvalue weighted by atomic mass is 79.9. The van der Waals surface area contributed by atoms with Gasteiger partial charge >= 0.3 is 5.51 Å². The Balaban J connectivity index is 2.38. The fraction of sp³-hybridized carbons (Fsp3) is 0.125. The molecule has 0 atom stereocenters. The van der Waals surface area contributed by atoms with Gasteiger partial charge in [0.05, 0.1) is 0 Å². The van der Waals surface area contributed by atoms with Gasteiger partial charge in [-0.25, -0.2) is 4.98 Å². The second-order valence-electron chi connectivity index (χ2n) is 2.64. The van der Waals surface area contributed by atoms with E-state index in [4.69, 9.17) is 4.42 Å². The largest absolute Gasteiger partial charge is 0.446 e. The average molecular weight is 298 g/mol. The van der Waals surface area contributed by atoms with E-state index < -0.39 is 5.51 Å². The van der Waals surface area contributed by atoms with Crippen molar-refractivity contribution in [3.63, 3.8) is 0 Å². The highest BCUT2D eigenvalue weighted by molar-refractivity contribution is 9.10. The Hall–Kier alpha value is -0.690. The van der Waals surface area contributed by atoms with Gasteiger partial charge in [-0.3, -0.25) is 0 Å². The van der Waals surface area contributed by atoms with Crippen LogP contribution in [0.4, 0.5) is 13.2 Å². The van der Waals surface area contributed by atoms with Gasteiger partial charge in [0.25, 0.3) is 4.80 Å². The van der Waals surface area contributed by atoms with Gasteiger partial charge in [-0.1, -0.05) is 0 Å². The van der Waals surface area contributed by atoms with Gasteiger partial charge < -0.3 is 4.42 Å². The third-order valence-corrected chi connectivity index (χ3v) is 2.63. The molecule has 0 unspecified atom stereocenters. The molecule has 0 fully saturated rings. The monoisotopic (exact) mass is 297 g/mol. The van der Waals surface area contributed by atoms with Gasteiger partial charge in [0, 0.05) is 20.8 Å². The predicted octanol–water partition coefficient (Wildman–Crippen LogP) is 4.20. The minimum absolute atomic E-state index is 0.0933. The number of rotatable bonds is 1. The predicted molar refractivity (Wildman–Crippen MR) is 53.6 cm³/mol. The third kappa shape index (κ3) is 2.66. The zero-order chi connectivity index (χ0) is 11.1. The lowest BCUT2D eigenvalue weighted by Crippen LogP contribution is -1.98. The Labute approximate surface area is 95.0 Å². The number of fused-ring (bicyclic) bond motifs is 1. The van der Waals surface area contributed by atoms with Crippen LogP contribution in [-0.4, -0.2) is 10.5 Å². The molecule has 1 heterocycles. The first-order valence-electron chi connectivity index (χ1n) is 3.76. The maximum absolute atomic E-state index is 12.1. The van der Waals surface area contributed by atoms with Gasteiger partial charge in [-0.2, -0.15) is 13.2 Å². The molecule has 0 spiro atoms. The molecule has 15 heavy (non-hydrogen) atoms. The molecule has 80 valence electrons. The molecule has 0 N–H and O–H groups in total. The van der Waals surface area contributed by atoms with Crippen LogP contribution in [0.25, 0.3) is 11.1 Å². The maximum Gasteiger partial charge on any atom is 0.446 e. The van der Waals surface area contributed by atoms with E-state index in [1.165, 1.54) is 18.2 Å². The number of alkyl halides is 3. The molecule has 0 saturated heterocycles. The Kier molecular flexibility index (Phi) is 2.68. The first-order chi connectivity index (χ1) is 6.94. The van der Waals surface area contributed by atoms with E-state index in [2.05, 4.69) is 20.9 Å². The summed E-state index contributed by atoms with van der Waals surface area (Å²) in [6, 6.07) is 4.14. The van der Waals surface area contributed by atoms with Crippen LogP contribution in [0.1, 0.15) is 0 Å². The van der Waals surface area contributed by atoms with Gasteiger partial charge in [-0.05, 0) is 30.0 Å². The summed E-state index contributed by atoms with van der Waals surface area (Å²) in [5.74, 6) is 0. The van der Waals surface area contributed by atoms with Gasteiger partial charge in [0.2, 0.25) is 0 Å². The standard InChI is InChI=1S/C8H3BrF3NOS/c9-7-13-5-3-4(15-8(10,11)12)1-2-6(5)14-7/h1-3H. The second kappa shape index (κ2) is 3.71. The lowest BCUT2D eigenvalue weighted by Gasteiger charge is -2.04. The van der Waals surface area contributed by atoms with Crippen LogP contribution in [0.5, 0.6) is 0 Å². The number of nitrogens with zero attached hydrogens (tertiary/aromatic N) is 1. The molecule has 2 rings (SSSR count). The van der Waals surface area contributed by atoms with E-state index in [0.717, 1.165) is 0 Å². The van der Waals surface area contributed by atoms with E-state index in [0.29, 0.717) is 11.1 Å². The summed E-state index contributed by atoms with van der Waals surface area (Å²) in [5, 5.41) is 0. The number of halogens is 4. The van der Waals surface area contributed by atoms with Crippen LogP contribution < -0.4 is 0 Å². The van der Waals surface area contributed by atoms with Crippen LogP contribution in [0, 0.1) is 0 Å². The lowest BCUT2D eigenvalue weighted by molar-refractivity contribution is -0.0328. The number of benzene rings is 1. The van der Waals surface area contributed by atoms with Crippen LogP contribution in [-0.2, 0) is 0 Å². The molecular weight excluding hydrogens is 295 g/mol. The zero-order valence-corrected chi connectivity index (χ0v) is 9.41. The van der Waals surface area contributed by atoms with Crippen LogP contribution in [0.15, 0.2) is 32.3 Å². The molecule has 0 bridgehead atoms. The normalized spacial score (nSPS) is 12.3. The summed E-state index contributed by atoms with van der Waals surface area (Å²) < 4.78 is 41.2. The molecule has 0 radical (unpaired) electrons. The van der Waals surface area contributed by atoms with E-state index in [9.17, 15) is 13.2 Å². The number of aromatic nitrogens is 1. The van der Waals surface area contributed by atoms with Gasteiger partial charge in [-0.15, -0.1) is 0 Å². The zero-order valence-electron chi connectivity index (χ0n) is 7.01. The highest BCUT2D eigenvalue weighted by Crippen LogP contribution is 2.37. The highest BCUT2D eigenvalue weighted by Gasteiger charge is 2.29. The number of hydrogen-bond acceptors (Lipinski definition) is 3. The SMILES string of the molecule is FC(F)(F)Sc1ccc2oc(Br)nc2c1. The van der Waals surface area contributed by atoms with Gasteiger partial charge in [0.1, 0.15) is 5.52 Å². The average Bonchev–Trinajstić information content (AvgIpc) is 2.40. The lowest BCUT2D eigenvalue weighted by atomic mass is 10.3. The smallest absolute Gasteiger partial charge is 0.431 e. The molecular formula is C8H3BrF3NOS. The topological polar surface area (TPSA) is 26.0 Å². The second-order valence-corrected chi connectivity index (χ2v) is 4.46. The van der Waals surface area contributed by atoms with Crippen molar-refractivity contribution >= 4 is 38.8 Å².